The van der Waals surface area contributed by atoms with Crippen LogP contribution >= 0.6 is 0 Å². The van der Waals surface area contributed by atoms with E-state index in [2.05, 4.69) is 11.6 Å². The fraction of sp³-hybridized carbons (Fsp3) is 0.364. The lowest BCUT2D eigenvalue weighted by atomic mass is 10.2. The van der Waals surface area contributed by atoms with Crippen LogP contribution in [-0.4, -0.2) is 11.6 Å². The third kappa shape index (κ3) is 4.34. The number of aromatic nitrogens is 1. The molecule has 0 spiro atoms. The molecule has 0 aliphatic carbocycles. The summed E-state index contributed by atoms with van der Waals surface area (Å²) < 4.78 is 42.4. The summed E-state index contributed by atoms with van der Waals surface area (Å²) in [6.45, 7) is 3.80. The average Bonchev–Trinajstić information content (AvgIpc) is 2.22. The highest BCUT2D eigenvalue weighted by Gasteiger charge is 2.31. The fourth-order valence-corrected chi connectivity index (χ4v) is 1.17. The number of hydrogen-bond acceptors (Lipinski definition) is 3. The second kappa shape index (κ2) is 5.56. The Kier molecular flexibility index (Phi) is 4.37. The van der Waals surface area contributed by atoms with Gasteiger partial charge in [0, 0.05) is 6.07 Å². The zero-order valence-electron chi connectivity index (χ0n) is 9.13. The number of halogens is 3. The van der Waals surface area contributed by atoms with Gasteiger partial charge in [-0.2, -0.15) is 18.2 Å². The largest absolute Gasteiger partial charge is 0.478 e. The van der Waals surface area contributed by atoms with Crippen molar-refractivity contribution in [2.45, 2.75) is 19.0 Å². The van der Waals surface area contributed by atoms with Crippen LogP contribution in [0.5, 0.6) is 5.88 Å². The molecule has 6 heteroatoms. The van der Waals surface area contributed by atoms with E-state index in [0.29, 0.717) is 6.42 Å². The van der Waals surface area contributed by atoms with E-state index in [-0.39, 0.29) is 18.3 Å². The Bertz CT molecular complexity index is 391. The maximum absolute atomic E-state index is 12.4. The summed E-state index contributed by atoms with van der Waals surface area (Å²) in [4.78, 5) is 3.67. The SMILES string of the molecule is C=CCCCOc1cc(C(F)(F)F)cc(N)n1. The van der Waals surface area contributed by atoms with E-state index >= 15 is 0 Å². The zero-order valence-corrected chi connectivity index (χ0v) is 9.13. The number of nitrogen functional groups attached to an aromatic ring is 1. The average molecular weight is 246 g/mol. The number of ether oxygens (including phenoxy) is 1. The summed E-state index contributed by atoms with van der Waals surface area (Å²) in [7, 11) is 0. The molecule has 1 heterocycles. The van der Waals surface area contributed by atoms with Gasteiger partial charge in [0.15, 0.2) is 0 Å². The number of alkyl halides is 3. The van der Waals surface area contributed by atoms with Crippen molar-refractivity contribution in [3.05, 3.63) is 30.4 Å². The molecule has 0 aromatic carbocycles. The minimum Gasteiger partial charge on any atom is -0.478 e. The Balaban J connectivity index is 2.72. The molecular formula is C11H13F3N2O. The molecule has 0 aliphatic rings. The van der Waals surface area contributed by atoms with Crippen molar-refractivity contribution in [2.75, 3.05) is 12.3 Å². The molecule has 2 N–H and O–H groups in total. The first kappa shape index (κ1) is 13.3. The molecule has 0 atom stereocenters. The number of unbranched alkanes of at least 4 members (excludes halogenated alkanes) is 1. The first-order valence-electron chi connectivity index (χ1n) is 5.02. The van der Waals surface area contributed by atoms with Crippen molar-refractivity contribution < 1.29 is 17.9 Å². The van der Waals surface area contributed by atoms with Crippen LogP contribution in [0.3, 0.4) is 0 Å². The van der Waals surface area contributed by atoms with Crippen LogP contribution in [0.4, 0.5) is 19.0 Å². The molecular weight excluding hydrogens is 233 g/mol. The van der Waals surface area contributed by atoms with Crippen molar-refractivity contribution in [2.24, 2.45) is 0 Å². The van der Waals surface area contributed by atoms with E-state index in [9.17, 15) is 13.2 Å². The second-order valence-electron chi connectivity index (χ2n) is 3.40. The molecule has 1 aromatic rings. The van der Waals surface area contributed by atoms with E-state index in [4.69, 9.17) is 10.5 Å². The number of nitrogens with two attached hydrogens (primary N) is 1. The van der Waals surface area contributed by atoms with Gasteiger partial charge in [-0.1, -0.05) is 6.08 Å². The van der Waals surface area contributed by atoms with Crippen LogP contribution in [0.25, 0.3) is 0 Å². The second-order valence-corrected chi connectivity index (χ2v) is 3.40. The number of allylic oxidation sites excluding steroid dienone is 1. The van der Waals surface area contributed by atoms with Crippen LogP contribution < -0.4 is 10.5 Å². The molecule has 0 saturated carbocycles. The van der Waals surface area contributed by atoms with Crippen molar-refractivity contribution in [1.29, 1.82) is 0 Å². The summed E-state index contributed by atoms with van der Waals surface area (Å²) >= 11 is 0. The molecule has 3 nitrogen and oxygen atoms in total. The first-order valence-corrected chi connectivity index (χ1v) is 5.02. The molecule has 0 amide bonds. The number of anilines is 1. The summed E-state index contributed by atoms with van der Waals surface area (Å²) in [5, 5.41) is 0. The highest BCUT2D eigenvalue weighted by molar-refractivity contribution is 5.38. The monoisotopic (exact) mass is 246 g/mol. The first-order chi connectivity index (χ1) is 7.93. The van der Waals surface area contributed by atoms with Gasteiger partial charge in [-0.15, -0.1) is 6.58 Å². The highest BCUT2D eigenvalue weighted by Crippen LogP contribution is 2.31. The van der Waals surface area contributed by atoms with E-state index in [1.165, 1.54) is 0 Å². The zero-order chi connectivity index (χ0) is 12.9. The van der Waals surface area contributed by atoms with Crippen LogP contribution in [-0.2, 0) is 6.18 Å². The quantitative estimate of drug-likeness (QED) is 0.641. The third-order valence-corrected chi connectivity index (χ3v) is 1.95. The van der Waals surface area contributed by atoms with Gasteiger partial charge in [0.1, 0.15) is 5.82 Å². The Morgan fingerprint density at radius 3 is 2.71 bits per heavy atom. The van der Waals surface area contributed by atoms with Crippen LogP contribution in [0.1, 0.15) is 18.4 Å². The smallest absolute Gasteiger partial charge is 0.416 e. The Labute approximate surface area is 97.1 Å². The normalized spacial score (nSPS) is 11.2. The van der Waals surface area contributed by atoms with Gasteiger partial charge in [-0.25, -0.2) is 0 Å². The molecule has 1 rings (SSSR count). The van der Waals surface area contributed by atoms with Crippen molar-refractivity contribution in [1.82, 2.24) is 4.98 Å². The van der Waals surface area contributed by atoms with Gasteiger partial charge >= 0.3 is 6.18 Å². The highest BCUT2D eigenvalue weighted by atomic mass is 19.4. The molecule has 0 unspecified atom stereocenters. The van der Waals surface area contributed by atoms with Crippen LogP contribution in [0, 0.1) is 0 Å². The van der Waals surface area contributed by atoms with Crippen molar-refractivity contribution in [3.8, 4) is 5.88 Å². The minimum atomic E-state index is -4.45. The molecule has 0 radical (unpaired) electrons. The lowest BCUT2D eigenvalue weighted by Gasteiger charge is -2.10. The predicted molar refractivity (Wildman–Crippen MR) is 58.6 cm³/mol. The van der Waals surface area contributed by atoms with Crippen molar-refractivity contribution in [3.63, 3.8) is 0 Å². The number of rotatable bonds is 5. The van der Waals surface area contributed by atoms with E-state index in [0.717, 1.165) is 18.6 Å². The molecule has 0 saturated heterocycles. The van der Waals surface area contributed by atoms with E-state index in [1.54, 1.807) is 6.08 Å². The minimum absolute atomic E-state index is 0.110. The van der Waals surface area contributed by atoms with Gasteiger partial charge in [0.05, 0.1) is 12.2 Å². The fourth-order valence-electron chi connectivity index (χ4n) is 1.17. The lowest BCUT2D eigenvalue weighted by molar-refractivity contribution is -0.137. The summed E-state index contributed by atoms with van der Waals surface area (Å²) in [5.41, 5.74) is 4.42. The molecule has 1 aromatic heterocycles. The maximum Gasteiger partial charge on any atom is 0.416 e. The third-order valence-electron chi connectivity index (χ3n) is 1.95. The molecule has 0 fully saturated rings. The molecule has 17 heavy (non-hydrogen) atoms. The Morgan fingerprint density at radius 1 is 1.41 bits per heavy atom. The van der Waals surface area contributed by atoms with Crippen LogP contribution in [0.15, 0.2) is 24.8 Å². The molecule has 0 aliphatic heterocycles. The van der Waals surface area contributed by atoms with Gasteiger partial charge in [-0.05, 0) is 18.9 Å². The number of hydrogen-bond donors (Lipinski definition) is 1. The van der Waals surface area contributed by atoms with Gasteiger partial charge in [0.25, 0.3) is 0 Å². The maximum atomic E-state index is 12.4. The molecule has 94 valence electrons. The van der Waals surface area contributed by atoms with Crippen molar-refractivity contribution >= 4 is 5.82 Å². The van der Waals surface area contributed by atoms with Gasteiger partial charge in [-0.3, -0.25) is 0 Å². The number of pyridine rings is 1. The van der Waals surface area contributed by atoms with Gasteiger partial charge in [0.2, 0.25) is 5.88 Å². The summed E-state index contributed by atoms with van der Waals surface area (Å²) in [6, 6.07) is 1.61. The topological polar surface area (TPSA) is 48.1 Å². The predicted octanol–water partition coefficient (Wildman–Crippen LogP) is 3.03. The molecule has 0 bridgehead atoms. The van der Waals surface area contributed by atoms with E-state index < -0.39 is 11.7 Å². The summed E-state index contributed by atoms with van der Waals surface area (Å²) in [5.74, 6) is -0.320. The van der Waals surface area contributed by atoms with E-state index in [1.807, 2.05) is 0 Å². The Morgan fingerprint density at radius 2 is 2.12 bits per heavy atom. The standard InChI is InChI=1S/C11H13F3N2O/c1-2-3-4-5-17-10-7-8(11(12,13)14)6-9(15)16-10/h2,6-7H,1,3-5H2,(H2,15,16). The van der Waals surface area contributed by atoms with Crippen LogP contribution in [0.2, 0.25) is 0 Å². The number of nitrogens with zero attached hydrogens (tertiary/aromatic N) is 1. The van der Waals surface area contributed by atoms with Gasteiger partial charge < -0.3 is 10.5 Å². The summed E-state index contributed by atoms with van der Waals surface area (Å²) in [6.07, 6.45) is -1.34. The Hall–Kier alpha value is -1.72. The lowest BCUT2D eigenvalue weighted by Crippen LogP contribution is -2.08.